The molecule has 0 spiro atoms. The lowest BCUT2D eigenvalue weighted by Gasteiger charge is -2.07. The zero-order valence-corrected chi connectivity index (χ0v) is 16.0. The molecule has 0 aliphatic rings. The predicted octanol–water partition coefficient (Wildman–Crippen LogP) is 5.46. The van der Waals surface area contributed by atoms with Gasteiger partial charge in [-0.3, -0.25) is 4.79 Å². The van der Waals surface area contributed by atoms with Crippen molar-refractivity contribution < 1.29 is 14.4 Å². The van der Waals surface area contributed by atoms with Crippen molar-refractivity contribution in [2.45, 2.75) is 52.1 Å². The summed E-state index contributed by atoms with van der Waals surface area (Å²) in [6.45, 7) is 3.27. The molecule has 0 amide bonds. The number of nitrogens with zero attached hydrogens (tertiary/aromatic N) is 1. The summed E-state index contributed by atoms with van der Waals surface area (Å²) in [5.41, 5.74) is 1.81. The van der Waals surface area contributed by atoms with Crippen LogP contribution in [0.1, 0.15) is 56.6 Å². The molecule has 4 nitrogen and oxygen atoms in total. The molecule has 0 bridgehead atoms. The SMILES string of the molecule is CCCCCCCCOc1ccc(CO/N=C(\[C]=O)c2ccccc2)cc1. The van der Waals surface area contributed by atoms with Gasteiger partial charge in [0.1, 0.15) is 12.4 Å². The molecule has 0 atom stereocenters. The lowest BCUT2D eigenvalue weighted by molar-refractivity contribution is 0.131. The van der Waals surface area contributed by atoms with Crippen molar-refractivity contribution in [2.24, 2.45) is 5.16 Å². The van der Waals surface area contributed by atoms with E-state index in [-0.39, 0.29) is 12.3 Å². The van der Waals surface area contributed by atoms with Gasteiger partial charge in [0, 0.05) is 5.56 Å². The smallest absolute Gasteiger partial charge is 0.257 e. The second-order valence-corrected chi connectivity index (χ2v) is 6.44. The quantitative estimate of drug-likeness (QED) is 0.269. The third kappa shape index (κ3) is 8.07. The fourth-order valence-corrected chi connectivity index (χ4v) is 2.65. The number of hydrogen-bond acceptors (Lipinski definition) is 4. The van der Waals surface area contributed by atoms with E-state index in [0.717, 1.165) is 24.3 Å². The summed E-state index contributed by atoms with van der Waals surface area (Å²) in [7, 11) is 0. The highest BCUT2D eigenvalue weighted by molar-refractivity contribution is 6.36. The van der Waals surface area contributed by atoms with E-state index in [1.54, 1.807) is 12.1 Å². The van der Waals surface area contributed by atoms with Crippen LogP contribution in [0.2, 0.25) is 0 Å². The van der Waals surface area contributed by atoms with E-state index < -0.39 is 0 Å². The first-order chi connectivity index (χ1) is 13.3. The van der Waals surface area contributed by atoms with Gasteiger partial charge in [-0.1, -0.05) is 86.6 Å². The fraction of sp³-hybridized carbons (Fsp3) is 0.391. The standard InChI is InChI=1S/C23H28NO3/c1-2-3-4-5-6-10-17-26-22-15-13-20(14-16-22)19-27-24-23(18-25)21-11-8-7-9-12-21/h7-9,11-16H,2-6,10,17,19H2,1H3/b24-23+. The summed E-state index contributed by atoms with van der Waals surface area (Å²) in [5, 5.41) is 3.88. The molecule has 0 fully saturated rings. The average molecular weight is 366 g/mol. The van der Waals surface area contributed by atoms with E-state index in [9.17, 15) is 4.79 Å². The molecule has 0 saturated carbocycles. The van der Waals surface area contributed by atoms with E-state index in [2.05, 4.69) is 12.1 Å². The number of carbonyl (C=O) groups excluding carboxylic acids is 1. The molecule has 0 aliphatic heterocycles. The number of benzene rings is 2. The molecule has 0 heterocycles. The minimum atomic E-state index is 0.162. The van der Waals surface area contributed by atoms with E-state index >= 15 is 0 Å². The number of hydrogen-bond donors (Lipinski definition) is 0. The van der Waals surface area contributed by atoms with Crippen LogP contribution >= 0.6 is 0 Å². The van der Waals surface area contributed by atoms with Crippen LogP contribution in [0.3, 0.4) is 0 Å². The van der Waals surface area contributed by atoms with Gasteiger partial charge in [-0.2, -0.15) is 0 Å². The molecule has 1 radical (unpaired) electrons. The van der Waals surface area contributed by atoms with Crippen molar-refractivity contribution in [2.75, 3.05) is 6.61 Å². The summed E-state index contributed by atoms with van der Waals surface area (Å²) < 4.78 is 5.77. The van der Waals surface area contributed by atoms with Crippen LogP contribution in [0.25, 0.3) is 0 Å². The zero-order chi connectivity index (χ0) is 19.2. The van der Waals surface area contributed by atoms with Gasteiger partial charge in [-0.25, -0.2) is 0 Å². The largest absolute Gasteiger partial charge is 0.494 e. The average Bonchev–Trinajstić information content (AvgIpc) is 2.72. The Morgan fingerprint density at radius 1 is 0.926 bits per heavy atom. The van der Waals surface area contributed by atoms with E-state index in [4.69, 9.17) is 9.57 Å². The lowest BCUT2D eigenvalue weighted by Crippen LogP contribution is -2.03. The summed E-state index contributed by atoms with van der Waals surface area (Å²) in [4.78, 5) is 16.3. The fourth-order valence-electron chi connectivity index (χ4n) is 2.65. The Labute approximate surface area is 162 Å². The molecular weight excluding hydrogens is 338 g/mol. The number of rotatable bonds is 13. The van der Waals surface area contributed by atoms with Gasteiger partial charge in [-0.05, 0) is 24.1 Å². The van der Waals surface area contributed by atoms with E-state index in [1.807, 2.05) is 48.8 Å². The van der Waals surface area contributed by atoms with Crippen LogP contribution in [0.4, 0.5) is 0 Å². The highest BCUT2D eigenvalue weighted by Crippen LogP contribution is 2.14. The Bertz CT molecular complexity index is 681. The minimum absolute atomic E-state index is 0.162. The zero-order valence-electron chi connectivity index (χ0n) is 16.0. The summed E-state index contributed by atoms with van der Waals surface area (Å²) in [6, 6.07) is 16.9. The number of unbranched alkanes of at least 4 members (excludes halogenated alkanes) is 5. The van der Waals surface area contributed by atoms with Crippen LogP contribution in [0.15, 0.2) is 59.8 Å². The maximum absolute atomic E-state index is 11.0. The molecule has 4 heteroatoms. The third-order valence-corrected chi connectivity index (χ3v) is 4.22. The second kappa shape index (κ2) is 12.7. The Hall–Kier alpha value is -2.62. The summed E-state index contributed by atoms with van der Waals surface area (Å²) >= 11 is 0. The van der Waals surface area contributed by atoms with Crippen molar-refractivity contribution >= 4 is 12.0 Å². The van der Waals surface area contributed by atoms with Crippen LogP contribution < -0.4 is 4.74 Å². The highest BCUT2D eigenvalue weighted by Gasteiger charge is 2.03. The van der Waals surface area contributed by atoms with Gasteiger partial charge in [-0.15, -0.1) is 0 Å². The van der Waals surface area contributed by atoms with Gasteiger partial charge in [0.05, 0.1) is 6.61 Å². The first kappa shape index (κ1) is 20.7. The monoisotopic (exact) mass is 366 g/mol. The van der Waals surface area contributed by atoms with Crippen molar-refractivity contribution in [3.63, 3.8) is 0 Å². The maximum Gasteiger partial charge on any atom is 0.257 e. The molecular formula is C23H28NO3. The molecule has 2 aromatic rings. The van der Waals surface area contributed by atoms with Crippen molar-refractivity contribution in [1.82, 2.24) is 0 Å². The first-order valence-electron chi connectivity index (χ1n) is 9.68. The topological polar surface area (TPSA) is 47.9 Å². The van der Waals surface area contributed by atoms with Crippen molar-refractivity contribution in [3.05, 3.63) is 65.7 Å². The highest BCUT2D eigenvalue weighted by atomic mass is 16.6. The van der Waals surface area contributed by atoms with Gasteiger partial charge >= 0.3 is 0 Å². The normalized spacial score (nSPS) is 11.2. The van der Waals surface area contributed by atoms with Gasteiger partial charge in [0.15, 0.2) is 5.71 Å². The second-order valence-electron chi connectivity index (χ2n) is 6.44. The van der Waals surface area contributed by atoms with Crippen LogP contribution in [-0.2, 0) is 16.2 Å². The Balaban J connectivity index is 1.70. The van der Waals surface area contributed by atoms with Gasteiger partial charge in [0.25, 0.3) is 6.29 Å². The molecule has 27 heavy (non-hydrogen) atoms. The molecule has 2 aromatic carbocycles. The minimum Gasteiger partial charge on any atom is -0.494 e. The Morgan fingerprint density at radius 3 is 2.33 bits per heavy atom. The molecule has 0 N–H and O–H groups in total. The number of oxime groups is 1. The summed E-state index contributed by atoms with van der Waals surface area (Å²) in [6.07, 6.45) is 9.34. The molecule has 2 rings (SSSR count). The lowest BCUT2D eigenvalue weighted by atomic mass is 10.1. The maximum atomic E-state index is 11.0. The Morgan fingerprint density at radius 2 is 1.63 bits per heavy atom. The van der Waals surface area contributed by atoms with Crippen LogP contribution in [0, 0.1) is 0 Å². The summed E-state index contributed by atoms with van der Waals surface area (Å²) in [5.74, 6) is 0.863. The third-order valence-electron chi connectivity index (χ3n) is 4.22. The van der Waals surface area contributed by atoms with Crippen molar-refractivity contribution in [3.8, 4) is 5.75 Å². The molecule has 0 saturated heterocycles. The molecule has 143 valence electrons. The van der Waals surface area contributed by atoms with Crippen LogP contribution in [0.5, 0.6) is 5.75 Å². The predicted molar refractivity (Wildman–Crippen MR) is 109 cm³/mol. The van der Waals surface area contributed by atoms with Crippen molar-refractivity contribution in [1.29, 1.82) is 0 Å². The molecule has 0 aliphatic carbocycles. The Kier molecular flexibility index (Phi) is 9.72. The number of ether oxygens (including phenoxy) is 1. The van der Waals surface area contributed by atoms with E-state index in [0.29, 0.717) is 5.56 Å². The molecule has 0 aromatic heterocycles. The van der Waals surface area contributed by atoms with Gasteiger partial charge < -0.3 is 9.57 Å². The van der Waals surface area contributed by atoms with Gasteiger partial charge in [0.2, 0.25) is 0 Å². The first-order valence-corrected chi connectivity index (χ1v) is 9.68. The molecule has 0 unspecified atom stereocenters. The van der Waals surface area contributed by atoms with E-state index in [1.165, 1.54) is 32.1 Å². The van der Waals surface area contributed by atoms with Crippen LogP contribution in [-0.4, -0.2) is 18.6 Å².